The van der Waals surface area contributed by atoms with Crippen LogP contribution in [0.2, 0.25) is 0 Å². The molecular formula is C14H23N5O2. The van der Waals surface area contributed by atoms with Crippen molar-refractivity contribution in [3.63, 3.8) is 0 Å². The normalized spacial score (nSPS) is 15.7. The van der Waals surface area contributed by atoms with Gasteiger partial charge in [-0.2, -0.15) is 0 Å². The summed E-state index contributed by atoms with van der Waals surface area (Å²) in [6.07, 6.45) is 4.00. The van der Waals surface area contributed by atoms with Gasteiger partial charge in [0, 0.05) is 26.2 Å². The minimum absolute atomic E-state index is 0.174. The van der Waals surface area contributed by atoms with Crippen molar-refractivity contribution in [1.29, 1.82) is 0 Å². The van der Waals surface area contributed by atoms with E-state index in [0.717, 1.165) is 45.8 Å². The molecule has 0 aliphatic carbocycles. The second-order valence-electron chi connectivity index (χ2n) is 4.88. The van der Waals surface area contributed by atoms with E-state index in [1.54, 1.807) is 6.20 Å². The van der Waals surface area contributed by atoms with Crippen LogP contribution in [0.4, 0.5) is 5.82 Å². The molecule has 0 saturated carbocycles. The number of hydrogen-bond acceptors (Lipinski definition) is 6. The van der Waals surface area contributed by atoms with E-state index in [9.17, 15) is 4.79 Å². The molecule has 0 unspecified atom stereocenters. The molecule has 1 saturated heterocycles. The monoisotopic (exact) mass is 293 g/mol. The lowest BCUT2D eigenvalue weighted by Gasteiger charge is -2.26. The van der Waals surface area contributed by atoms with E-state index in [1.807, 2.05) is 6.92 Å². The number of ether oxygens (including phenoxy) is 1. The summed E-state index contributed by atoms with van der Waals surface area (Å²) >= 11 is 0. The Bertz CT molecular complexity index is 431. The Balaban J connectivity index is 1.66. The van der Waals surface area contributed by atoms with Crippen LogP contribution in [0.15, 0.2) is 12.4 Å². The van der Waals surface area contributed by atoms with Crippen LogP contribution in [-0.2, 0) is 4.74 Å². The quantitative estimate of drug-likeness (QED) is 0.707. The number of nitrogens with zero attached hydrogens (tertiary/aromatic N) is 3. The summed E-state index contributed by atoms with van der Waals surface area (Å²) in [5.41, 5.74) is 0.350. The third-order valence-corrected chi connectivity index (χ3v) is 3.28. The Morgan fingerprint density at radius 1 is 1.33 bits per heavy atom. The second kappa shape index (κ2) is 8.53. The van der Waals surface area contributed by atoms with Gasteiger partial charge >= 0.3 is 0 Å². The Hall–Kier alpha value is -1.73. The van der Waals surface area contributed by atoms with Crippen LogP contribution in [0.1, 0.15) is 23.8 Å². The van der Waals surface area contributed by atoms with E-state index in [0.29, 0.717) is 18.1 Å². The molecule has 116 valence electrons. The highest BCUT2D eigenvalue weighted by molar-refractivity contribution is 5.91. The van der Waals surface area contributed by atoms with Crippen molar-refractivity contribution < 1.29 is 9.53 Å². The van der Waals surface area contributed by atoms with Crippen LogP contribution in [0.25, 0.3) is 0 Å². The van der Waals surface area contributed by atoms with Gasteiger partial charge in [0.15, 0.2) is 0 Å². The summed E-state index contributed by atoms with van der Waals surface area (Å²) in [7, 11) is 0. The SMILES string of the molecule is CCNc1cnc(C(=O)NCCCN2CCOCC2)cn1. The minimum atomic E-state index is -0.174. The molecular weight excluding hydrogens is 270 g/mol. The van der Waals surface area contributed by atoms with Crippen molar-refractivity contribution in [2.75, 3.05) is 51.3 Å². The summed E-state index contributed by atoms with van der Waals surface area (Å²) in [6.45, 7) is 7.96. The first-order valence-electron chi connectivity index (χ1n) is 7.44. The topological polar surface area (TPSA) is 79.4 Å². The van der Waals surface area contributed by atoms with Gasteiger partial charge in [-0.05, 0) is 19.9 Å². The lowest BCUT2D eigenvalue weighted by molar-refractivity contribution is 0.0374. The first-order valence-corrected chi connectivity index (χ1v) is 7.44. The Labute approximate surface area is 125 Å². The maximum atomic E-state index is 11.9. The van der Waals surface area contributed by atoms with Crippen LogP contribution >= 0.6 is 0 Å². The minimum Gasteiger partial charge on any atom is -0.379 e. The lowest BCUT2D eigenvalue weighted by atomic mass is 10.3. The molecule has 1 aliphatic rings. The Morgan fingerprint density at radius 2 is 2.14 bits per heavy atom. The van der Waals surface area contributed by atoms with Crippen LogP contribution in [-0.4, -0.2) is 66.7 Å². The van der Waals surface area contributed by atoms with Gasteiger partial charge in [0.05, 0.1) is 25.6 Å². The standard InChI is InChI=1S/C14H23N5O2/c1-2-15-13-11-17-12(10-18-13)14(20)16-4-3-5-19-6-8-21-9-7-19/h10-11H,2-9H2,1H3,(H,15,18)(H,16,20). The first-order chi connectivity index (χ1) is 10.3. The first kappa shape index (κ1) is 15.7. The molecule has 1 fully saturated rings. The fourth-order valence-electron chi connectivity index (χ4n) is 2.14. The predicted molar refractivity (Wildman–Crippen MR) is 80.4 cm³/mol. The van der Waals surface area contributed by atoms with Crippen molar-refractivity contribution in [2.45, 2.75) is 13.3 Å². The number of morpholine rings is 1. The largest absolute Gasteiger partial charge is 0.379 e. The molecule has 7 heteroatoms. The third-order valence-electron chi connectivity index (χ3n) is 3.28. The zero-order valence-corrected chi connectivity index (χ0v) is 12.5. The van der Waals surface area contributed by atoms with E-state index in [-0.39, 0.29) is 5.91 Å². The average molecular weight is 293 g/mol. The molecule has 1 amide bonds. The number of rotatable bonds is 7. The van der Waals surface area contributed by atoms with Crippen LogP contribution < -0.4 is 10.6 Å². The highest BCUT2D eigenvalue weighted by atomic mass is 16.5. The molecule has 1 aromatic heterocycles. The van der Waals surface area contributed by atoms with Crippen LogP contribution in [0.3, 0.4) is 0 Å². The molecule has 0 aromatic carbocycles. The maximum Gasteiger partial charge on any atom is 0.271 e. The molecule has 21 heavy (non-hydrogen) atoms. The van der Waals surface area contributed by atoms with Crippen molar-refractivity contribution >= 4 is 11.7 Å². The number of nitrogens with one attached hydrogen (secondary N) is 2. The fourth-order valence-corrected chi connectivity index (χ4v) is 2.14. The van der Waals surface area contributed by atoms with E-state index in [1.165, 1.54) is 6.20 Å². The number of carbonyl (C=O) groups excluding carboxylic acids is 1. The Kier molecular flexibility index (Phi) is 6.36. The van der Waals surface area contributed by atoms with Gasteiger partial charge in [0.2, 0.25) is 0 Å². The number of anilines is 1. The fraction of sp³-hybridized carbons (Fsp3) is 0.643. The second-order valence-corrected chi connectivity index (χ2v) is 4.88. The van der Waals surface area contributed by atoms with Gasteiger partial charge in [-0.25, -0.2) is 9.97 Å². The molecule has 0 spiro atoms. The lowest BCUT2D eigenvalue weighted by Crippen LogP contribution is -2.38. The third kappa shape index (κ3) is 5.28. The number of carbonyl (C=O) groups is 1. The van der Waals surface area contributed by atoms with E-state index < -0.39 is 0 Å². The summed E-state index contributed by atoms with van der Waals surface area (Å²) in [5.74, 6) is 0.508. The summed E-state index contributed by atoms with van der Waals surface area (Å²) in [5, 5.41) is 5.91. The van der Waals surface area contributed by atoms with Crippen LogP contribution in [0, 0.1) is 0 Å². The smallest absolute Gasteiger partial charge is 0.271 e. The highest BCUT2D eigenvalue weighted by Gasteiger charge is 2.10. The number of hydrogen-bond donors (Lipinski definition) is 2. The maximum absolute atomic E-state index is 11.9. The summed E-state index contributed by atoms with van der Waals surface area (Å²) in [6, 6.07) is 0. The van der Waals surface area contributed by atoms with E-state index in [2.05, 4.69) is 25.5 Å². The molecule has 0 radical (unpaired) electrons. The van der Waals surface area contributed by atoms with Crippen molar-refractivity contribution in [1.82, 2.24) is 20.2 Å². The summed E-state index contributed by atoms with van der Waals surface area (Å²) in [4.78, 5) is 22.5. The van der Waals surface area contributed by atoms with Gasteiger partial charge in [0.25, 0.3) is 5.91 Å². The van der Waals surface area contributed by atoms with Gasteiger partial charge < -0.3 is 15.4 Å². The van der Waals surface area contributed by atoms with Crippen molar-refractivity contribution in [3.8, 4) is 0 Å². The van der Waals surface area contributed by atoms with Crippen LogP contribution in [0.5, 0.6) is 0 Å². The molecule has 2 rings (SSSR count). The van der Waals surface area contributed by atoms with Crippen molar-refractivity contribution in [2.24, 2.45) is 0 Å². The Morgan fingerprint density at radius 3 is 2.81 bits per heavy atom. The van der Waals surface area contributed by atoms with Crippen molar-refractivity contribution in [3.05, 3.63) is 18.1 Å². The average Bonchev–Trinajstić information content (AvgIpc) is 2.53. The zero-order valence-electron chi connectivity index (χ0n) is 12.5. The number of amides is 1. The molecule has 0 bridgehead atoms. The molecule has 1 aliphatic heterocycles. The molecule has 1 aromatic rings. The van der Waals surface area contributed by atoms with E-state index >= 15 is 0 Å². The van der Waals surface area contributed by atoms with Gasteiger partial charge in [-0.15, -0.1) is 0 Å². The van der Waals surface area contributed by atoms with Gasteiger partial charge in [-0.1, -0.05) is 0 Å². The molecule has 2 heterocycles. The molecule has 2 N–H and O–H groups in total. The molecule has 7 nitrogen and oxygen atoms in total. The number of aromatic nitrogens is 2. The van der Waals surface area contributed by atoms with Gasteiger partial charge in [-0.3, -0.25) is 9.69 Å². The molecule has 0 atom stereocenters. The zero-order chi connectivity index (χ0) is 14.9. The van der Waals surface area contributed by atoms with E-state index in [4.69, 9.17) is 4.74 Å². The summed E-state index contributed by atoms with van der Waals surface area (Å²) < 4.78 is 5.30. The van der Waals surface area contributed by atoms with Gasteiger partial charge in [0.1, 0.15) is 11.5 Å². The highest BCUT2D eigenvalue weighted by Crippen LogP contribution is 2.01. The predicted octanol–water partition coefficient (Wildman–Crippen LogP) is 0.361.